The van der Waals surface area contributed by atoms with Gasteiger partial charge in [-0.15, -0.1) is 0 Å². The van der Waals surface area contributed by atoms with Gasteiger partial charge in [-0.3, -0.25) is 19.2 Å². The molecule has 1 saturated heterocycles. The zero-order valence-electron chi connectivity index (χ0n) is 16.3. The highest BCUT2D eigenvalue weighted by molar-refractivity contribution is 5.98. The van der Waals surface area contributed by atoms with E-state index in [0.717, 1.165) is 37.6 Å². The molecule has 3 rings (SSSR count). The van der Waals surface area contributed by atoms with Crippen LogP contribution in [0.5, 0.6) is 0 Å². The van der Waals surface area contributed by atoms with E-state index in [1.165, 1.54) is 5.56 Å². The molecule has 1 amide bonds. The predicted octanol–water partition coefficient (Wildman–Crippen LogP) is 0.401. The molecule has 0 aliphatic carbocycles. The predicted molar refractivity (Wildman–Crippen MR) is 105 cm³/mol. The zero-order valence-corrected chi connectivity index (χ0v) is 16.3. The largest absolute Gasteiger partial charge is 0.357 e. The molecular formula is C18H28N8O. The van der Waals surface area contributed by atoms with E-state index < -0.39 is 0 Å². The number of nitrogens with one attached hydrogen (secondary N) is 1. The normalized spacial score (nSPS) is 15.5. The number of nitrogens with zero attached hydrogens (tertiary/aromatic N) is 7. The van der Waals surface area contributed by atoms with Crippen molar-refractivity contribution in [2.45, 2.75) is 19.8 Å². The van der Waals surface area contributed by atoms with Crippen molar-refractivity contribution in [1.29, 1.82) is 0 Å². The van der Waals surface area contributed by atoms with Gasteiger partial charge in [-0.1, -0.05) is 0 Å². The SMILES string of the molecule is CCNC(=NCCCc1cnn(C)c1)N1CCN(c2cnn(C)c2)C(=O)C1. The molecule has 9 heteroatoms. The number of hydrogen-bond acceptors (Lipinski definition) is 4. The highest BCUT2D eigenvalue weighted by Gasteiger charge is 2.27. The first-order chi connectivity index (χ1) is 13.1. The van der Waals surface area contributed by atoms with Crippen LogP contribution in [-0.2, 0) is 25.3 Å². The summed E-state index contributed by atoms with van der Waals surface area (Å²) >= 11 is 0. The van der Waals surface area contributed by atoms with Crippen LogP contribution in [0.4, 0.5) is 5.69 Å². The lowest BCUT2D eigenvalue weighted by atomic mass is 10.2. The standard InChI is InChI=1S/C18H28N8O/c1-4-19-18(20-7-5-6-15-10-21-23(2)12-15)25-8-9-26(17(27)14-25)16-11-22-24(3)13-16/h10-13H,4-9,14H2,1-3H3,(H,19,20). The summed E-state index contributed by atoms with van der Waals surface area (Å²) in [5.41, 5.74) is 2.07. The summed E-state index contributed by atoms with van der Waals surface area (Å²) in [6, 6.07) is 0. The van der Waals surface area contributed by atoms with Gasteiger partial charge in [-0.2, -0.15) is 10.2 Å². The average Bonchev–Trinajstić information content (AvgIpc) is 3.26. The molecule has 2 aromatic rings. The Kier molecular flexibility index (Phi) is 6.10. The van der Waals surface area contributed by atoms with Crippen LogP contribution in [-0.4, -0.2) is 69.1 Å². The molecule has 1 aliphatic rings. The lowest BCUT2D eigenvalue weighted by Crippen LogP contribution is -2.55. The van der Waals surface area contributed by atoms with Crippen molar-refractivity contribution < 1.29 is 4.79 Å². The monoisotopic (exact) mass is 372 g/mol. The molecule has 1 aliphatic heterocycles. The fourth-order valence-corrected chi connectivity index (χ4v) is 3.17. The van der Waals surface area contributed by atoms with Crippen LogP contribution < -0.4 is 10.2 Å². The molecule has 146 valence electrons. The minimum absolute atomic E-state index is 0.0650. The Labute approximate surface area is 159 Å². The molecular weight excluding hydrogens is 344 g/mol. The number of piperazine rings is 1. The number of hydrogen-bond donors (Lipinski definition) is 1. The Morgan fingerprint density at radius 1 is 1.19 bits per heavy atom. The highest BCUT2D eigenvalue weighted by atomic mass is 16.2. The Morgan fingerprint density at radius 2 is 1.96 bits per heavy atom. The van der Waals surface area contributed by atoms with Crippen molar-refractivity contribution in [3.8, 4) is 0 Å². The smallest absolute Gasteiger partial charge is 0.246 e. The number of anilines is 1. The second kappa shape index (κ2) is 8.70. The Bertz CT molecular complexity index is 793. The van der Waals surface area contributed by atoms with Gasteiger partial charge in [0.1, 0.15) is 6.54 Å². The topological polar surface area (TPSA) is 83.6 Å². The van der Waals surface area contributed by atoms with Crippen LogP contribution in [0.1, 0.15) is 18.9 Å². The summed E-state index contributed by atoms with van der Waals surface area (Å²) in [6.45, 7) is 5.23. The number of aromatic nitrogens is 4. The van der Waals surface area contributed by atoms with Crippen LogP contribution in [0.15, 0.2) is 29.8 Å². The van der Waals surface area contributed by atoms with Crippen molar-refractivity contribution >= 4 is 17.6 Å². The molecule has 0 atom stereocenters. The molecule has 2 aromatic heterocycles. The molecule has 0 radical (unpaired) electrons. The summed E-state index contributed by atoms with van der Waals surface area (Å²) in [6.07, 6.45) is 9.42. The van der Waals surface area contributed by atoms with Crippen LogP contribution in [0.3, 0.4) is 0 Å². The maximum absolute atomic E-state index is 12.6. The molecule has 1 fully saturated rings. The van der Waals surface area contributed by atoms with E-state index in [4.69, 9.17) is 4.99 Å². The van der Waals surface area contributed by atoms with Crippen LogP contribution >= 0.6 is 0 Å². The number of aryl methyl sites for hydroxylation is 3. The maximum atomic E-state index is 12.6. The Balaban J connectivity index is 1.55. The quantitative estimate of drug-likeness (QED) is 0.451. The third-order valence-corrected chi connectivity index (χ3v) is 4.50. The van der Waals surface area contributed by atoms with Gasteiger partial charge in [0.15, 0.2) is 5.96 Å². The molecule has 0 unspecified atom stereocenters. The van der Waals surface area contributed by atoms with E-state index in [1.54, 1.807) is 15.8 Å². The second-order valence-corrected chi connectivity index (χ2v) is 6.70. The van der Waals surface area contributed by atoms with Gasteiger partial charge in [-0.05, 0) is 25.3 Å². The second-order valence-electron chi connectivity index (χ2n) is 6.70. The van der Waals surface area contributed by atoms with Crippen molar-refractivity contribution in [1.82, 2.24) is 29.8 Å². The molecule has 0 saturated carbocycles. The third-order valence-electron chi connectivity index (χ3n) is 4.50. The van der Waals surface area contributed by atoms with Crippen LogP contribution in [0, 0.1) is 0 Å². The van der Waals surface area contributed by atoms with Crippen molar-refractivity contribution in [3.63, 3.8) is 0 Å². The lowest BCUT2D eigenvalue weighted by Gasteiger charge is -2.35. The fourth-order valence-electron chi connectivity index (χ4n) is 3.17. The van der Waals surface area contributed by atoms with Gasteiger partial charge in [0, 0.05) is 52.7 Å². The molecule has 0 bridgehead atoms. The van der Waals surface area contributed by atoms with E-state index >= 15 is 0 Å². The van der Waals surface area contributed by atoms with Gasteiger partial charge in [0.05, 0.1) is 18.1 Å². The van der Waals surface area contributed by atoms with Crippen molar-refractivity contribution in [2.75, 3.05) is 37.6 Å². The highest BCUT2D eigenvalue weighted by Crippen LogP contribution is 2.16. The van der Waals surface area contributed by atoms with Crippen molar-refractivity contribution in [3.05, 3.63) is 30.4 Å². The third kappa shape index (κ3) is 4.87. The zero-order chi connectivity index (χ0) is 19.2. The summed E-state index contributed by atoms with van der Waals surface area (Å²) < 4.78 is 3.53. The molecule has 27 heavy (non-hydrogen) atoms. The molecule has 0 spiro atoms. The van der Waals surface area contributed by atoms with E-state index in [1.807, 2.05) is 49.2 Å². The number of guanidine groups is 1. The van der Waals surface area contributed by atoms with Crippen LogP contribution in [0.2, 0.25) is 0 Å². The summed E-state index contributed by atoms with van der Waals surface area (Å²) in [7, 11) is 3.78. The number of carbonyl (C=O) groups excluding carboxylic acids is 1. The lowest BCUT2D eigenvalue weighted by molar-refractivity contribution is -0.120. The first kappa shape index (κ1) is 18.9. The first-order valence-corrected chi connectivity index (χ1v) is 9.36. The first-order valence-electron chi connectivity index (χ1n) is 9.36. The summed E-state index contributed by atoms with van der Waals surface area (Å²) in [5.74, 6) is 0.873. The maximum Gasteiger partial charge on any atom is 0.246 e. The molecule has 1 N–H and O–H groups in total. The number of aliphatic imine (C=N–C) groups is 1. The van der Waals surface area contributed by atoms with E-state index in [0.29, 0.717) is 19.6 Å². The van der Waals surface area contributed by atoms with Gasteiger partial charge >= 0.3 is 0 Å². The van der Waals surface area contributed by atoms with Gasteiger partial charge < -0.3 is 15.1 Å². The van der Waals surface area contributed by atoms with E-state index in [-0.39, 0.29) is 5.91 Å². The number of rotatable bonds is 6. The summed E-state index contributed by atoms with van der Waals surface area (Å²) in [4.78, 5) is 21.1. The average molecular weight is 372 g/mol. The minimum atomic E-state index is 0.0650. The van der Waals surface area contributed by atoms with E-state index in [9.17, 15) is 4.79 Å². The van der Waals surface area contributed by atoms with Gasteiger partial charge in [0.2, 0.25) is 5.91 Å². The molecule has 0 aromatic carbocycles. The van der Waals surface area contributed by atoms with Gasteiger partial charge in [0.25, 0.3) is 0 Å². The molecule has 9 nitrogen and oxygen atoms in total. The minimum Gasteiger partial charge on any atom is -0.357 e. The summed E-state index contributed by atoms with van der Waals surface area (Å²) in [5, 5.41) is 11.6. The Morgan fingerprint density at radius 3 is 2.59 bits per heavy atom. The van der Waals surface area contributed by atoms with Crippen LogP contribution in [0.25, 0.3) is 0 Å². The fraction of sp³-hybridized carbons (Fsp3) is 0.556. The molecule has 3 heterocycles. The number of amides is 1. The van der Waals surface area contributed by atoms with Gasteiger partial charge in [-0.25, -0.2) is 0 Å². The Hall–Kier alpha value is -2.84. The van der Waals surface area contributed by atoms with Crippen molar-refractivity contribution in [2.24, 2.45) is 19.1 Å². The number of carbonyl (C=O) groups is 1. The van der Waals surface area contributed by atoms with E-state index in [2.05, 4.69) is 15.5 Å².